The summed E-state index contributed by atoms with van der Waals surface area (Å²) in [5.41, 5.74) is 2.87. The van der Waals surface area contributed by atoms with Crippen LogP contribution in [0, 0.1) is 5.92 Å². The molecule has 0 bridgehead atoms. The molecule has 2 aromatic rings. The Bertz CT molecular complexity index is 574. The summed E-state index contributed by atoms with van der Waals surface area (Å²) in [7, 11) is 2.26. The van der Waals surface area contributed by atoms with Crippen molar-refractivity contribution in [3.8, 4) is 0 Å². The summed E-state index contributed by atoms with van der Waals surface area (Å²) in [6, 6.07) is 11.0. The molecule has 2 nitrogen and oxygen atoms in total. The first-order chi connectivity index (χ1) is 11.2. The molecule has 0 amide bonds. The minimum absolute atomic E-state index is 0.847. The van der Waals surface area contributed by atoms with Gasteiger partial charge in [0.2, 0.25) is 0 Å². The average molecular weight is 393 g/mol. The lowest BCUT2D eigenvalue weighted by Crippen LogP contribution is -2.37. The number of piperidine rings is 1. The Labute approximate surface area is 152 Å². The molecule has 1 fully saturated rings. The van der Waals surface area contributed by atoms with Crippen LogP contribution in [0.3, 0.4) is 0 Å². The standard InChI is InChI=1S/C19H25BrN2S/c1-21(13-18-8-11-23-15-18)12-17-6-9-22(10-7-17)14-16-2-4-19(20)5-3-16/h2-5,8,11,15,17H,6-7,9-10,12-14H2,1H3. The van der Waals surface area contributed by atoms with Gasteiger partial charge in [0.05, 0.1) is 0 Å². The Kier molecular flexibility index (Phi) is 6.29. The maximum Gasteiger partial charge on any atom is 0.0239 e. The normalized spacial score (nSPS) is 17.0. The molecule has 0 N–H and O–H groups in total. The molecule has 0 spiro atoms. The number of likely N-dealkylation sites (tertiary alicyclic amines) is 1. The molecule has 1 aromatic carbocycles. The lowest BCUT2D eigenvalue weighted by molar-refractivity contribution is 0.147. The van der Waals surface area contributed by atoms with Crippen molar-refractivity contribution < 1.29 is 0 Å². The summed E-state index contributed by atoms with van der Waals surface area (Å²) in [5.74, 6) is 0.847. The molecule has 1 aromatic heterocycles. The molecule has 0 radical (unpaired) electrons. The van der Waals surface area contributed by atoms with Gasteiger partial charge >= 0.3 is 0 Å². The number of hydrogen-bond donors (Lipinski definition) is 0. The highest BCUT2D eigenvalue weighted by Gasteiger charge is 2.20. The number of nitrogens with zero attached hydrogens (tertiary/aromatic N) is 2. The van der Waals surface area contributed by atoms with Gasteiger partial charge in [-0.1, -0.05) is 28.1 Å². The predicted molar refractivity (Wildman–Crippen MR) is 103 cm³/mol. The average Bonchev–Trinajstić information content (AvgIpc) is 3.04. The number of benzene rings is 1. The van der Waals surface area contributed by atoms with E-state index in [1.165, 1.54) is 43.6 Å². The molecular weight excluding hydrogens is 368 g/mol. The lowest BCUT2D eigenvalue weighted by atomic mass is 9.96. The van der Waals surface area contributed by atoms with Gasteiger partial charge in [0.15, 0.2) is 0 Å². The van der Waals surface area contributed by atoms with E-state index in [0.717, 1.165) is 23.5 Å². The molecule has 0 unspecified atom stereocenters. The molecule has 23 heavy (non-hydrogen) atoms. The monoisotopic (exact) mass is 392 g/mol. The first kappa shape index (κ1) is 17.2. The molecule has 0 saturated carbocycles. The van der Waals surface area contributed by atoms with Crippen LogP contribution in [0.15, 0.2) is 45.6 Å². The topological polar surface area (TPSA) is 6.48 Å². The zero-order valence-electron chi connectivity index (χ0n) is 13.7. The third-order valence-corrected chi connectivity index (χ3v) is 5.89. The molecule has 2 heterocycles. The Hall–Kier alpha value is -0.680. The fourth-order valence-corrected chi connectivity index (χ4v) is 4.30. The summed E-state index contributed by atoms with van der Waals surface area (Å²) in [6.07, 6.45) is 2.65. The van der Waals surface area contributed by atoms with Crippen molar-refractivity contribution in [2.45, 2.75) is 25.9 Å². The van der Waals surface area contributed by atoms with Crippen molar-refractivity contribution in [2.24, 2.45) is 5.92 Å². The summed E-state index contributed by atoms with van der Waals surface area (Å²) in [4.78, 5) is 5.08. The fraction of sp³-hybridized carbons (Fsp3) is 0.474. The van der Waals surface area contributed by atoms with Crippen LogP contribution in [0.1, 0.15) is 24.0 Å². The summed E-state index contributed by atoms with van der Waals surface area (Å²) < 4.78 is 1.16. The summed E-state index contributed by atoms with van der Waals surface area (Å²) >= 11 is 5.30. The van der Waals surface area contributed by atoms with Gasteiger partial charge in [-0.2, -0.15) is 11.3 Å². The Balaban J connectivity index is 1.40. The van der Waals surface area contributed by atoms with E-state index in [4.69, 9.17) is 0 Å². The van der Waals surface area contributed by atoms with Gasteiger partial charge in [-0.3, -0.25) is 4.90 Å². The highest BCUT2D eigenvalue weighted by atomic mass is 79.9. The van der Waals surface area contributed by atoms with Crippen LogP contribution < -0.4 is 0 Å². The van der Waals surface area contributed by atoms with Crippen molar-refractivity contribution in [3.63, 3.8) is 0 Å². The fourth-order valence-electron chi connectivity index (χ4n) is 3.37. The van der Waals surface area contributed by atoms with E-state index >= 15 is 0 Å². The van der Waals surface area contributed by atoms with Crippen molar-refractivity contribution >= 4 is 27.3 Å². The molecule has 0 atom stereocenters. The second kappa shape index (κ2) is 8.43. The molecule has 0 aliphatic carbocycles. The van der Waals surface area contributed by atoms with Gasteiger partial charge in [0.25, 0.3) is 0 Å². The zero-order chi connectivity index (χ0) is 16.1. The first-order valence-corrected chi connectivity index (χ1v) is 10.1. The van der Waals surface area contributed by atoms with Crippen LogP contribution in [-0.4, -0.2) is 36.5 Å². The van der Waals surface area contributed by atoms with E-state index < -0.39 is 0 Å². The smallest absolute Gasteiger partial charge is 0.0239 e. The third-order valence-electron chi connectivity index (χ3n) is 4.63. The quantitative estimate of drug-likeness (QED) is 0.692. The Morgan fingerprint density at radius 1 is 1.13 bits per heavy atom. The highest BCUT2D eigenvalue weighted by Crippen LogP contribution is 2.21. The molecule has 1 saturated heterocycles. The van der Waals surface area contributed by atoms with Crippen molar-refractivity contribution in [3.05, 3.63) is 56.7 Å². The second-order valence-corrected chi connectivity index (χ2v) is 8.37. The van der Waals surface area contributed by atoms with Gasteiger partial charge in [-0.15, -0.1) is 0 Å². The minimum Gasteiger partial charge on any atom is -0.302 e. The second-order valence-electron chi connectivity index (χ2n) is 6.67. The van der Waals surface area contributed by atoms with E-state index in [9.17, 15) is 0 Å². The number of halogens is 1. The molecule has 4 heteroatoms. The van der Waals surface area contributed by atoms with Gasteiger partial charge in [-0.25, -0.2) is 0 Å². The van der Waals surface area contributed by atoms with E-state index in [2.05, 4.69) is 73.9 Å². The minimum atomic E-state index is 0.847. The third kappa shape index (κ3) is 5.42. The SMILES string of the molecule is CN(Cc1ccsc1)CC1CCN(Cc2ccc(Br)cc2)CC1. The molecule has 1 aliphatic rings. The Morgan fingerprint density at radius 3 is 2.52 bits per heavy atom. The van der Waals surface area contributed by atoms with Crippen LogP contribution in [0.4, 0.5) is 0 Å². The van der Waals surface area contributed by atoms with Crippen LogP contribution in [0.5, 0.6) is 0 Å². The highest BCUT2D eigenvalue weighted by molar-refractivity contribution is 9.10. The van der Waals surface area contributed by atoms with Crippen LogP contribution in [0.25, 0.3) is 0 Å². The van der Waals surface area contributed by atoms with Crippen molar-refractivity contribution in [1.29, 1.82) is 0 Å². The van der Waals surface area contributed by atoms with Gasteiger partial charge in [0.1, 0.15) is 0 Å². The Morgan fingerprint density at radius 2 is 1.87 bits per heavy atom. The van der Waals surface area contributed by atoms with Gasteiger partial charge in [0, 0.05) is 24.1 Å². The largest absolute Gasteiger partial charge is 0.302 e. The van der Waals surface area contributed by atoms with Crippen LogP contribution in [-0.2, 0) is 13.1 Å². The molecule has 124 valence electrons. The van der Waals surface area contributed by atoms with E-state index in [-0.39, 0.29) is 0 Å². The van der Waals surface area contributed by atoms with Crippen molar-refractivity contribution in [1.82, 2.24) is 9.80 Å². The maximum absolute atomic E-state index is 3.50. The lowest BCUT2D eigenvalue weighted by Gasteiger charge is -2.34. The molecule has 3 rings (SSSR count). The molecule has 1 aliphatic heterocycles. The van der Waals surface area contributed by atoms with Crippen LogP contribution >= 0.6 is 27.3 Å². The number of rotatable bonds is 6. The van der Waals surface area contributed by atoms with E-state index in [0.29, 0.717) is 0 Å². The summed E-state index contributed by atoms with van der Waals surface area (Å²) in [5, 5.41) is 4.43. The van der Waals surface area contributed by atoms with Crippen molar-refractivity contribution in [2.75, 3.05) is 26.7 Å². The van der Waals surface area contributed by atoms with Gasteiger partial charge in [-0.05, 0) is 79.0 Å². The maximum atomic E-state index is 3.50. The number of hydrogen-bond acceptors (Lipinski definition) is 3. The van der Waals surface area contributed by atoms with E-state index in [1.54, 1.807) is 11.3 Å². The van der Waals surface area contributed by atoms with Crippen LogP contribution in [0.2, 0.25) is 0 Å². The zero-order valence-corrected chi connectivity index (χ0v) is 16.2. The number of thiophene rings is 1. The molecular formula is C19H25BrN2S. The summed E-state index contributed by atoms with van der Waals surface area (Å²) in [6.45, 7) is 5.86. The van der Waals surface area contributed by atoms with E-state index in [1.807, 2.05) is 0 Å². The first-order valence-electron chi connectivity index (χ1n) is 8.35. The van der Waals surface area contributed by atoms with Gasteiger partial charge < -0.3 is 4.90 Å². The predicted octanol–water partition coefficient (Wildman–Crippen LogP) is 4.85.